The standard InChI is InChI=1S/C19H22O4/c1-21-19(22-2)14-23-18-11-7-6-10-16(18)17(20)13-12-15-8-4-3-5-9-15/h3-11,19H,12-14H2,1-2H3. The molecule has 0 bridgehead atoms. The largest absolute Gasteiger partial charge is 0.488 e. The Balaban J connectivity index is 1.99. The fraction of sp³-hybridized carbons (Fsp3) is 0.316. The van der Waals surface area contributed by atoms with Gasteiger partial charge in [0.15, 0.2) is 12.1 Å². The molecule has 0 unspecified atom stereocenters. The van der Waals surface area contributed by atoms with E-state index in [9.17, 15) is 4.79 Å². The molecule has 23 heavy (non-hydrogen) atoms. The van der Waals surface area contributed by atoms with Gasteiger partial charge in [0.2, 0.25) is 0 Å². The van der Waals surface area contributed by atoms with Crippen LogP contribution in [0.15, 0.2) is 54.6 Å². The van der Waals surface area contributed by atoms with Gasteiger partial charge in [0.05, 0.1) is 5.56 Å². The molecule has 0 aromatic heterocycles. The molecule has 0 atom stereocenters. The van der Waals surface area contributed by atoms with Crippen LogP contribution in [0.4, 0.5) is 0 Å². The van der Waals surface area contributed by atoms with Gasteiger partial charge in [-0.1, -0.05) is 42.5 Å². The lowest BCUT2D eigenvalue weighted by atomic mass is 10.0. The molecule has 0 spiro atoms. The Morgan fingerprint density at radius 3 is 2.30 bits per heavy atom. The molecule has 0 fully saturated rings. The summed E-state index contributed by atoms with van der Waals surface area (Å²) in [6.45, 7) is 0.232. The Hall–Kier alpha value is -2.17. The van der Waals surface area contributed by atoms with E-state index in [-0.39, 0.29) is 12.4 Å². The van der Waals surface area contributed by atoms with E-state index in [4.69, 9.17) is 14.2 Å². The zero-order valence-electron chi connectivity index (χ0n) is 13.5. The lowest BCUT2D eigenvalue weighted by Crippen LogP contribution is -2.22. The van der Waals surface area contributed by atoms with Gasteiger partial charge in [-0.25, -0.2) is 0 Å². The highest BCUT2D eigenvalue weighted by molar-refractivity contribution is 5.98. The minimum absolute atomic E-state index is 0.0656. The van der Waals surface area contributed by atoms with E-state index in [1.807, 2.05) is 42.5 Å². The summed E-state index contributed by atoms with van der Waals surface area (Å²) in [5.41, 5.74) is 1.74. The maximum absolute atomic E-state index is 12.5. The van der Waals surface area contributed by atoms with Gasteiger partial charge in [-0.05, 0) is 24.1 Å². The summed E-state index contributed by atoms with van der Waals surface area (Å²) in [5, 5.41) is 0. The average molecular weight is 314 g/mol. The summed E-state index contributed by atoms with van der Waals surface area (Å²) in [4.78, 5) is 12.5. The molecule has 0 amide bonds. The van der Waals surface area contributed by atoms with E-state index in [1.165, 1.54) is 0 Å². The van der Waals surface area contributed by atoms with Crippen molar-refractivity contribution in [2.24, 2.45) is 0 Å². The molecule has 0 saturated carbocycles. The van der Waals surface area contributed by atoms with E-state index >= 15 is 0 Å². The number of ketones is 1. The van der Waals surface area contributed by atoms with Crippen molar-refractivity contribution in [2.75, 3.05) is 20.8 Å². The third-order valence-electron chi connectivity index (χ3n) is 3.57. The number of carbonyl (C=O) groups is 1. The van der Waals surface area contributed by atoms with Crippen LogP contribution in [0.5, 0.6) is 5.75 Å². The maximum atomic E-state index is 12.5. The first-order valence-electron chi connectivity index (χ1n) is 7.59. The van der Waals surface area contributed by atoms with Gasteiger partial charge in [0.1, 0.15) is 12.4 Å². The minimum Gasteiger partial charge on any atom is -0.488 e. The minimum atomic E-state index is -0.456. The number of para-hydroxylation sites is 1. The number of rotatable bonds is 9. The van der Waals surface area contributed by atoms with Crippen LogP contribution in [0.2, 0.25) is 0 Å². The van der Waals surface area contributed by atoms with Gasteiger partial charge in [-0.15, -0.1) is 0 Å². The Kier molecular flexibility index (Phi) is 6.78. The Morgan fingerprint density at radius 2 is 1.61 bits per heavy atom. The SMILES string of the molecule is COC(COc1ccccc1C(=O)CCc1ccccc1)OC. The molecule has 0 aliphatic carbocycles. The topological polar surface area (TPSA) is 44.8 Å². The van der Waals surface area contributed by atoms with Crippen LogP contribution in [-0.2, 0) is 15.9 Å². The molecular formula is C19H22O4. The summed E-state index contributed by atoms with van der Waals surface area (Å²) in [6, 6.07) is 17.2. The molecule has 2 rings (SSSR count). The van der Waals surface area contributed by atoms with Crippen molar-refractivity contribution in [3.05, 3.63) is 65.7 Å². The number of methoxy groups -OCH3 is 2. The third-order valence-corrected chi connectivity index (χ3v) is 3.57. The van der Waals surface area contributed by atoms with Gasteiger partial charge in [0.25, 0.3) is 0 Å². The molecule has 4 heteroatoms. The summed E-state index contributed by atoms with van der Waals surface area (Å²) in [5.74, 6) is 0.625. The molecule has 0 radical (unpaired) electrons. The predicted molar refractivity (Wildman–Crippen MR) is 88.8 cm³/mol. The molecule has 122 valence electrons. The first-order chi connectivity index (χ1) is 11.2. The summed E-state index contributed by atoms with van der Waals surface area (Å²) in [6.07, 6.45) is 0.706. The third kappa shape index (κ3) is 5.20. The van der Waals surface area contributed by atoms with Gasteiger partial charge >= 0.3 is 0 Å². The van der Waals surface area contributed by atoms with Crippen molar-refractivity contribution in [2.45, 2.75) is 19.1 Å². The van der Waals surface area contributed by atoms with Gasteiger partial charge in [-0.3, -0.25) is 4.79 Å². The van der Waals surface area contributed by atoms with E-state index in [1.54, 1.807) is 26.4 Å². The van der Waals surface area contributed by atoms with E-state index < -0.39 is 6.29 Å². The second-order valence-electron chi connectivity index (χ2n) is 5.12. The Labute approximate surface area is 137 Å². The molecule has 4 nitrogen and oxygen atoms in total. The molecule has 0 saturated heterocycles. The second kappa shape index (κ2) is 9.08. The number of carbonyl (C=O) groups excluding carboxylic acids is 1. The zero-order chi connectivity index (χ0) is 16.5. The predicted octanol–water partition coefficient (Wildman–Crippen LogP) is 3.50. The number of hydrogen-bond donors (Lipinski definition) is 0. The first kappa shape index (κ1) is 17.2. The van der Waals surface area contributed by atoms with Crippen molar-refractivity contribution in [3.63, 3.8) is 0 Å². The van der Waals surface area contributed by atoms with Crippen LogP contribution in [0.25, 0.3) is 0 Å². The number of hydrogen-bond acceptors (Lipinski definition) is 4. The Morgan fingerprint density at radius 1 is 0.957 bits per heavy atom. The molecule has 0 N–H and O–H groups in total. The highest BCUT2D eigenvalue weighted by atomic mass is 16.7. The quantitative estimate of drug-likeness (QED) is 0.525. The molecule has 0 aliphatic heterocycles. The van der Waals surface area contributed by atoms with Crippen LogP contribution >= 0.6 is 0 Å². The summed E-state index contributed by atoms with van der Waals surface area (Å²) in [7, 11) is 3.10. The van der Waals surface area contributed by atoms with Crippen LogP contribution < -0.4 is 4.74 Å². The number of aryl methyl sites for hydroxylation is 1. The van der Waals surface area contributed by atoms with E-state index in [0.717, 1.165) is 5.56 Å². The summed E-state index contributed by atoms with van der Waals surface area (Å²) >= 11 is 0. The smallest absolute Gasteiger partial charge is 0.191 e. The van der Waals surface area contributed by atoms with Crippen LogP contribution in [0.3, 0.4) is 0 Å². The molecule has 2 aromatic rings. The molecule has 0 heterocycles. The fourth-order valence-electron chi connectivity index (χ4n) is 2.25. The van der Waals surface area contributed by atoms with Gasteiger partial charge < -0.3 is 14.2 Å². The number of Topliss-reactive ketones (excluding diaryl/α,β-unsaturated/α-hetero) is 1. The molecule has 2 aromatic carbocycles. The van der Waals surface area contributed by atoms with Gasteiger partial charge in [0, 0.05) is 20.6 Å². The van der Waals surface area contributed by atoms with Crippen molar-refractivity contribution in [3.8, 4) is 5.75 Å². The maximum Gasteiger partial charge on any atom is 0.191 e. The second-order valence-corrected chi connectivity index (χ2v) is 5.12. The lowest BCUT2D eigenvalue weighted by molar-refractivity contribution is -0.122. The van der Waals surface area contributed by atoms with Crippen molar-refractivity contribution in [1.29, 1.82) is 0 Å². The average Bonchev–Trinajstić information content (AvgIpc) is 2.62. The van der Waals surface area contributed by atoms with E-state index in [2.05, 4.69) is 0 Å². The van der Waals surface area contributed by atoms with Crippen LogP contribution in [-0.4, -0.2) is 32.9 Å². The van der Waals surface area contributed by atoms with Crippen LogP contribution in [0.1, 0.15) is 22.3 Å². The monoisotopic (exact) mass is 314 g/mol. The fourth-order valence-corrected chi connectivity index (χ4v) is 2.25. The van der Waals surface area contributed by atoms with Crippen LogP contribution in [0, 0.1) is 0 Å². The Bertz CT molecular complexity index is 606. The van der Waals surface area contributed by atoms with Crippen molar-refractivity contribution < 1.29 is 19.0 Å². The molecule has 0 aliphatic rings. The van der Waals surface area contributed by atoms with Crippen molar-refractivity contribution >= 4 is 5.78 Å². The zero-order valence-corrected chi connectivity index (χ0v) is 13.5. The number of benzene rings is 2. The van der Waals surface area contributed by atoms with E-state index in [0.29, 0.717) is 24.2 Å². The highest BCUT2D eigenvalue weighted by Crippen LogP contribution is 2.21. The summed E-state index contributed by atoms with van der Waals surface area (Å²) < 4.78 is 15.9. The van der Waals surface area contributed by atoms with Gasteiger partial charge in [-0.2, -0.15) is 0 Å². The van der Waals surface area contributed by atoms with Crippen molar-refractivity contribution in [1.82, 2.24) is 0 Å². The number of ether oxygens (including phenoxy) is 3. The lowest BCUT2D eigenvalue weighted by Gasteiger charge is -2.16. The molecular weight excluding hydrogens is 292 g/mol. The normalized spacial score (nSPS) is 10.7. The highest BCUT2D eigenvalue weighted by Gasteiger charge is 2.14. The first-order valence-corrected chi connectivity index (χ1v) is 7.59.